The van der Waals surface area contributed by atoms with E-state index in [9.17, 15) is 19.5 Å². The van der Waals surface area contributed by atoms with Crippen LogP contribution in [0, 0.1) is 6.92 Å². The third kappa shape index (κ3) is 14.8. The molecule has 0 saturated carbocycles. The number of carbonyl (C=O) groups is 3. The van der Waals surface area contributed by atoms with E-state index < -0.39 is 12.0 Å². The van der Waals surface area contributed by atoms with Crippen LogP contribution in [0.1, 0.15) is 81.9 Å². The summed E-state index contributed by atoms with van der Waals surface area (Å²) >= 11 is 0. The number of anilines is 1. The summed E-state index contributed by atoms with van der Waals surface area (Å²) in [4.78, 5) is 40.1. The fourth-order valence-electron chi connectivity index (χ4n) is 5.55. The molecule has 1 aromatic heterocycles. The van der Waals surface area contributed by atoms with E-state index in [0.717, 1.165) is 96.1 Å². The summed E-state index contributed by atoms with van der Waals surface area (Å²) in [6.07, 6.45) is 9.13. The van der Waals surface area contributed by atoms with Gasteiger partial charge in [0.2, 0.25) is 11.8 Å². The predicted molar refractivity (Wildman–Crippen MR) is 201 cm³/mol. The number of azide groups is 1. The maximum Gasteiger partial charge on any atom is 0.305 e. The highest BCUT2D eigenvalue weighted by Gasteiger charge is 2.17. The van der Waals surface area contributed by atoms with Crippen molar-refractivity contribution in [2.24, 2.45) is 10.8 Å². The first-order valence-corrected chi connectivity index (χ1v) is 17.4. The van der Waals surface area contributed by atoms with Crippen LogP contribution in [-0.4, -0.2) is 47.6 Å². The van der Waals surface area contributed by atoms with Gasteiger partial charge in [0.25, 0.3) is 0 Å². The number of nitrogens with two attached hydrogens (primary N) is 1. The van der Waals surface area contributed by atoms with Gasteiger partial charge in [-0.25, -0.2) is 4.98 Å². The number of carboxylic acids is 1. The number of benzene rings is 3. The van der Waals surface area contributed by atoms with Gasteiger partial charge in [-0.2, -0.15) is 0 Å². The van der Waals surface area contributed by atoms with Crippen molar-refractivity contribution < 1.29 is 24.2 Å². The first-order chi connectivity index (χ1) is 24.7. The number of ether oxygens (including phenoxy) is 1. The Labute approximate surface area is 299 Å². The summed E-state index contributed by atoms with van der Waals surface area (Å²) in [6.45, 7) is 5.35. The van der Waals surface area contributed by atoms with Crippen molar-refractivity contribution in [2.45, 2.75) is 77.7 Å². The molecule has 270 valence electrons. The minimum atomic E-state index is -0.966. The molecule has 1 atom stereocenters. The molecule has 12 heteroatoms. The topological polar surface area (TPSA) is 192 Å². The van der Waals surface area contributed by atoms with Crippen LogP contribution in [0.15, 0.2) is 84.1 Å². The van der Waals surface area contributed by atoms with E-state index in [1.54, 1.807) is 6.20 Å². The molecule has 0 unspecified atom stereocenters. The van der Waals surface area contributed by atoms with Crippen molar-refractivity contribution in [3.05, 3.63) is 101 Å². The Morgan fingerprint density at radius 1 is 0.941 bits per heavy atom. The number of primary amides is 1. The van der Waals surface area contributed by atoms with Crippen LogP contribution in [0.5, 0.6) is 5.75 Å². The lowest BCUT2D eigenvalue weighted by Gasteiger charge is -2.17. The number of nitrogens with one attached hydrogen (secondary N) is 2. The highest BCUT2D eigenvalue weighted by atomic mass is 16.5. The first kappa shape index (κ1) is 39.8. The molecule has 4 aromatic rings. The molecule has 0 aliphatic carbocycles. The van der Waals surface area contributed by atoms with Gasteiger partial charge in [-0.3, -0.25) is 14.4 Å². The number of nitrogens with zero attached hydrogens (tertiary/aromatic N) is 4. The van der Waals surface area contributed by atoms with Crippen molar-refractivity contribution in [1.29, 1.82) is 0 Å². The van der Waals surface area contributed by atoms with Crippen LogP contribution in [0.3, 0.4) is 0 Å². The van der Waals surface area contributed by atoms with Gasteiger partial charge in [0.15, 0.2) is 0 Å². The molecule has 0 bridgehead atoms. The second-order valence-corrected chi connectivity index (χ2v) is 12.3. The molecule has 3 aromatic carbocycles. The Balaban J connectivity index is 0.000000419. The number of aromatic nitrogens is 1. The Kier molecular flexibility index (Phi) is 17.3. The number of amides is 2. The zero-order chi connectivity index (χ0) is 36.8. The molecule has 2 amide bonds. The Morgan fingerprint density at radius 2 is 1.65 bits per heavy atom. The normalized spacial score (nSPS) is 11.0. The molecule has 0 spiro atoms. The number of carboxylic acid groups (broad SMARTS) is 1. The quantitative estimate of drug-likeness (QED) is 0.0309. The van der Waals surface area contributed by atoms with E-state index in [4.69, 9.17) is 16.0 Å². The Hall–Kier alpha value is -5.61. The number of aryl methyl sites for hydroxylation is 1. The number of aliphatic carboxylic acids is 1. The predicted octanol–water partition coefficient (Wildman–Crippen LogP) is 8.26. The fraction of sp³-hybridized carbons (Fsp3) is 0.385. The summed E-state index contributed by atoms with van der Waals surface area (Å²) in [5.41, 5.74) is 17.3. The molecular formula is C39H49N7O5. The van der Waals surface area contributed by atoms with Crippen molar-refractivity contribution >= 4 is 34.4 Å². The minimum Gasteiger partial charge on any atom is -0.493 e. The zero-order valence-corrected chi connectivity index (χ0v) is 29.5. The number of pyridine rings is 1. The molecule has 0 saturated heterocycles. The van der Waals surface area contributed by atoms with Crippen LogP contribution < -0.4 is 21.1 Å². The monoisotopic (exact) mass is 695 g/mol. The van der Waals surface area contributed by atoms with Gasteiger partial charge in [-0.1, -0.05) is 85.4 Å². The van der Waals surface area contributed by atoms with Gasteiger partial charge in [0, 0.05) is 42.9 Å². The van der Waals surface area contributed by atoms with Crippen molar-refractivity contribution in [3.8, 4) is 16.9 Å². The highest BCUT2D eigenvalue weighted by Crippen LogP contribution is 2.35. The second kappa shape index (κ2) is 22.2. The number of unbranched alkanes of at least 4 members (excludes halogenated alkanes) is 5. The van der Waals surface area contributed by atoms with Crippen molar-refractivity contribution in [1.82, 2.24) is 10.3 Å². The largest absolute Gasteiger partial charge is 0.493 e. The lowest BCUT2D eigenvalue weighted by atomic mass is 9.95. The summed E-state index contributed by atoms with van der Waals surface area (Å²) in [5, 5.41) is 20.7. The number of hydrogen-bond acceptors (Lipinski definition) is 7. The Bertz CT molecular complexity index is 1740. The van der Waals surface area contributed by atoms with Gasteiger partial charge >= 0.3 is 5.97 Å². The van der Waals surface area contributed by atoms with Gasteiger partial charge in [-0.15, -0.1) is 0 Å². The second-order valence-electron chi connectivity index (χ2n) is 12.3. The molecule has 12 nitrogen and oxygen atoms in total. The molecular weight excluding hydrogens is 646 g/mol. The summed E-state index contributed by atoms with van der Waals surface area (Å²) in [7, 11) is 0. The van der Waals surface area contributed by atoms with Gasteiger partial charge in [0.1, 0.15) is 11.6 Å². The van der Waals surface area contributed by atoms with Gasteiger partial charge < -0.3 is 26.2 Å². The van der Waals surface area contributed by atoms with Crippen molar-refractivity contribution in [3.63, 3.8) is 0 Å². The summed E-state index contributed by atoms with van der Waals surface area (Å²) in [5.74, 6) is 0.210. The molecule has 5 N–H and O–H groups in total. The van der Waals surface area contributed by atoms with E-state index in [2.05, 4.69) is 43.8 Å². The average Bonchev–Trinajstić information content (AvgIpc) is 3.10. The molecule has 0 aliphatic rings. The number of hydrogen-bond donors (Lipinski definition) is 4. The lowest BCUT2D eigenvalue weighted by molar-refractivity contribution is -0.137. The molecule has 0 radical (unpaired) electrons. The van der Waals surface area contributed by atoms with Crippen LogP contribution in [0.2, 0.25) is 0 Å². The fourth-order valence-corrected chi connectivity index (χ4v) is 5.55. The number of carbonyl (C=O) groups excluding carboxylic acids is 2. The standard InChI is InChI=1S/C29H34N4O4.C10H15N3O/c1-21(34)32-27(20-29(35)36)23-14-12-22(13-15-23)24-16-17-28(26-11-7-6-10-25(24)26)37-19-9-5-3-2-4-8-18-31-33-30;1-8-4-6-13-10(7-8)12-5-2-3-9(11)14/h6-7,10-17,27H,2-5,8-9,18-20H2,1H3,(H,32,34)(H,35,36);4,6-7H,2-3,5H2,1H3,(H2,11,14)(H,12,13)/t27-;/m0./s1. The number of rotatable bonds is 20. The first-order valence-electron chi connectivity index (χ1n) is 17.4. The Morgan fingerprint density at radius 3 is 2.31 bits per heavy atom. The average molecular weight is 696 g/mol. The molecule has 0 aliphatic heterocycles. The highest BCUT2D eigenvalue weighted by molar-refractivity contribution is 6.00. The van der Waals surface area contributed by atoms with Crippen LogP contribution >= 0.6 is 0 Å². The third-order valence-corrected chi connectivity index (χ3v) is 8.06. The van der Waals surface area contributed by atoms with Crippen LogP contribution in [0.25, 0.3) is 32.3 Å². The van der Waals surface area contributed by atoms with Crippen LogP contribution in [0.4, 0.5) is 5.82 Å². The molecule has 0 fully saturated rings. The van der Waals surface area contributed by atoms with Crippen molar-refractivity contribution in [2.75, 3.05) is 25.0 Å². The van der Waals surface area contributed by atoms with E-state index >= 15 is 0 Å². The summed E-state index contributed by atoms with van der Waals surface area (Å²) in [6, 6.07) is 23.2. The number of fused-ring (bicyclic) bond motifs is 1. The SMILES string of the molecule is CC(=O)N[C@@H](CC(=O)O)c1ccc(-c2ccc(OCCCCCCCCN=[N+]=[N-])c3ccccc23)cc1.Cc1ccnc(NCCCC(N)=O)c1. The summed E-state index contributed by atoms with van der Waals surface area (Å²) < 4.78 is 6.14. The molecule has 4 rings (SSSR count). The van der Waals surface area contributed by atoms with E-state index in [0.29, 0.717) is 19.6 Å². The maximum absolute atomic E-state index is 11.5. The van der Waals surface area contributed by atoms with Gasteiger partial charge in [0.05, 0.1) is 19.1 Å². The smallest absolute Gasteiger partial charge is 0.305 e. The lowest BCUT2D eigenvalue weighted by Crippen LogP contribution is -2.27. The third-order valence-electron chi connectivity index (χ3n) is 8.06. The molecule has 1 heterocycles. The minimum absolute atomic E-state index is 0.175. The van der Waals surface area contributed by atoms with Gasteiger partial charge in [-0.05, 0) is 77.6 Å². The van der Waals surface area contributed by atoms with E-state index in [-0.39, 0.29) is 18.2 Å². The van der Waals surface area contributed by atoms with E-state index in [1.807, 2.05) is 61.5 Å². The zero-order valence-electron chi connectivity index (χ0n) is 29.5. The molecule has 51 heavy (non-hydrogen) atoms. The van der Waals surface area contributed by atoms with E-state index in [1.165, 1.54) is 6.92 Å². The maximum atomic E-state index is 11.5. The van der Waals surface area contributed by atoms with Crippen LogP contribution in [-0.2, 0) is 14.4 Å².